The van der Waals surface area contributed by atoms with E-state index in [0.29, 0.717) is 5.56 Å². The van der Waals surface area contributed by atoms with Gasteiger partial charge in [-0.05, 0) is 19.4 Å². The van der Waals surface area contributed by atoms with Gasteiger partial charge in [0, 0.05) is 12.2 Å². The lowest BCUT2D eigenvalue weighted by Crippen LogP contribution is -2.30. The first-order valence-corrected chi connectivity index (χ1v) is 7.19. The summed E-state index contributed by atoms with van der Waals surface area (Å²) in [5.74, 6) is -2.50. The fourth-order valence-corrected chi connectivity index (χ4v) is 3.19. The Bertz CT molecular complexity index is 684. The van der Waals surface area contributed by atoms with Crippen LogP contribution in [0.2, 0.25) is 0 Å². The molecule has 1 aliphatic rings. The number of nitrogens with zero attached hydrogens (tertiary/aromatic N) is 1. The second-order valence-corrected chi connectivity index (χ2v) is 5.29. The van der Waals surface area contributed by atoms with Crippen LogP contribution < -0.4 is 4.90 Å². The van der Waals surface area contributed by atoms with Crippen LogP contribution in [0.1, 0.15) is 32.5 Å². The highest BCUT2D eigenvalue weighted by atomic mass is 32.1. The first-order chi connectivity index (χ1) is 10.4. The topological polar surface area (TPSA) is 90.0 Å². The summed E-state index contributed by atoms with van der Waals surface area (Å²) in [7, 11) is 1.18. The zero-order valence-corrected chi connectivity index (χ0v) is 13.0. The minimum absolute atomic E-state index is 0.0148. The highest BCUT2D eigenvalue weighted by Gasteiger charge is 2.35. The number of thiophene rings is 1. The van der Waals surface area contributed by atoms with E-state index >= 15 is 0 Å². The molecule has 22 heavy (non-hydrogen) atoms. The Morgan fingerprint density at radius 1 is 1.18 bits per heavy atom. The molecule has 0 bridgehead atoms. The van der Waals surface area contributed by atoms with Crippen molar-refractivity contribution in [3.8, 4) is 0 Å². The van der Waals surface area contributed by atoms with Gasteiger partial charge in [0.1, 0.15) is 9.88 Å². The van der Waals surface area contributed by atoms with Crippen LogP contribution in [0, 0.1) is 6.92 Å². The Hall–Kier alpha value is -2.48. The van der Waals surface area contributed by atoms with Gasteiger partial charge >= 0.3 is 11.9 Å². The van der Waals surface area contributed by atoms with E-state index < -0.39 is 23.8 Å². The molecule has 1 aromatic rings. The SMILES string of the molecule is CCOC(=O)c1sc(N2C(=O)C=CC2=O)c(C(=O)OC)c1C. The summed E-state index contributed by atoms with van der Waals surface area (Å²) in [6, 6.07) is 0. The van der Waals surface area contributed by atoms with E-state index in [9.17, 15) is 19.2 Å². The Kier molecular flexibility index (Phi) is 4.41. The third-order valence-corrected chi connectivity index (χ3v) is 4.25. The number of anilines is 1. The first-order valence-electron chi connectivity index (χ1n) is 6.37. The third kappa shape index (κ3) is 2.52. The number of esters is 2. The maximum Gasteiger partial charge on any atom is 0.348 e. The van der Waals surface area contributed by atoms with Crippen molar-refractivity contribution in [1.82, 2.24) is 0 Å². The Morgan fingerprint density at radius 3 is 2.27 bits per heavy atom. The molecular formula is C14H13NO6S. The summed E-state index contributed by atoms with van der Waals surface area (Å²) in [5, 5.41) is 0.0624. The largest absolute Gasteiger partial charge is 0.465 e. The monoisotopic (exact) mass is 323 g/mol. The molecule has 0 saturated heterocycles. The van der Waals surface area contributed by atoms with Crippen molar-refractivity contribution in [3.05, 3.63) is 28.2 Å². The van der Waals surface area contributed by atoms with E-state index in [0.717, 1.165) is 28.4 Å². The average Bonchev–Trinajstić information content (AvgIpc) is 2.98. The fourth-order valence-electron chi connectivity index (χ4n) is 1.99. The van der Waals surface area contributed by atoms with Crippen molar-refractivity contribution in [2.45, 2.75) is 13.8 Å². The van der Waals surface area contributed by atoms with E-state index in [4.69, 9.17) is 4.74 Å². The molecule has 0 radical (unpaired) electrons. The summed E-state index contributed by atoms with van der Waals surface area (Å²) in [4.78, 5) is 48.6. The van der Waals surface area contributed by atoms with Crippen molar-refractivity contribution in [2.24, 2.45) is 0 Å². The molecule has 2 amide bonds. The van der Waals surface area contributed by atoms with Crippen LogP contribution in [0.5, 0.6) is 0 Å². The maximum atomic E-state index is 12.0. The Labute approximate surface area is 130 Å². The van der Waals surface area contributed by atoms with Gasteiger partial charge in [-0.15, -0.1) is 11.3 Å². The molecule has 0 unspecified atom stereocenters. The van der Waals surface area contributed by atoms with Gasteiger partial charge in [-0.25, -0.2) is 14.5 Å². The van der Waals surface area contributed by atoms with Crippen molar-refractivity contribution in [1.29, 1.82) is 0 Å². The lowest BCUT2D eigenvalue weighted by molar-refractivity contribution is -0.119. The number of methoxy groups -OCH3 is 1. The fraction of sp³-hybridized carbons (Fsp3) is 0.286. The third-order valence-electron chi connectivity index (χ3n) is 2.99. The molecule has 0 aliphatic carbocycles. The normalized spacial score (nSPS) is 13.7. The summed E-state index contributed by atoms with van der Waals surface area (Å²) < 4.78 is 9.61. The number of carbonyl (C=O) groups is 4. The molecule has 7 nitrogen and oxygen atoms in total. The number of rotatable bonds is 4. The zero-order valence-electron chi connectivity index (χ0n) is 12.2. The van der Waals surface area contributed by atoms with Gasteiger partial charge in [-0.2, -0.15) is 0 Å². The van der Waals surface area contributed by atoms with Gasteiger partial charge in [0.2, 0.25) is 0 Å². The Morgan fingerprint density at radius 2 is 1.77 bits per heavy atom. The van der Waals surface area contributed by atoms with Crippen LogP contribution in [-0.4, -0.2) is 37.5 Å². The minimum Gasteiger partial charge on any atom is -0.465 e. The molecule has 0 saturated carbocycles. The lowest BCUT2D eigenvalue weighted by atomic mass is 10.1. The molecule has 1 aliphatic heterocycles. The number of carbonyl (C=O) groups excluding carboxylic acids is 4. The number of amides is 2. The summed E-state index contributed by atoms with van der Waals surface area (Å²) in [6.07, 6.45) is 2.20. The van der Waals surface area contributed by atoms with Crippen molar-refractivity contribution in [3.63, 3.8) is 0 Å². The van der Waals surface area contributed by atoms with E-state index in [2.05, 4.69) is 4.74 Å². The predicted octanol–water partition coefficient (Wildman–Crippen LogP) is 1.45. The van der Waals surface area contributed by atoms with Gasteiger partial charge in [0.25, 0.3) is 11.8 Å². The van der Waals surface area contributed by atoms with E-state index in [1.165, 1.54) is 14.0 Å². The van der Waals surface area contributed by atoms with Gasteiger partial charge in [-0.3, -0.25) is 9.59 Å². The van der Waals surface area contributed by atoms with Crippen molar-refractivity contribution >= 4 is 40.1 Å². The standard InChI is InChI=1S/C14H13NO6S/c1-4-21-14(19)11-7(2)10(13(18)20-3)12(22-11)15-8(16)5-6-9(15)17/h5-6H,4H2,1-3H3. The number of ether oxygens (including phenoxy) is 2. The van der Waals surface area contributed by atoms with Crippen LogP contribution in [0.3, 0.4) is 0 Å². The molecule has 116 valence electrons. The summed E-state index contributed by atoms with van der Waals surface area (Å²) in [6.45, 7) is 3.36. The average molecular weight is 323 g/mol. The molecule has 2 heterocycles. The molecule has 0 fully saturated rings. The molecule has 0 N–H and O–H groups in total. The Balaban J connectivity index is 2.59. The van der Waals surface area contributed by atoms with Gasteiger partial charge < -0.3 is 9.47 Å². The molecule has 2 rings (SSSR count). The number of hydrogen-bond donors (Lipinski definition) is 0. The van der Waals surface area contributed by atoms with Gasteiger partial charge in [-0.1, -0.05) is 0 Å². The lowest BCUT2D eigenvalue weighted by Gasteiger charge is -2.13. The predicted molar refractivity (Wildman–Crippen MR) is 78.0 cm³/mol. The van der Waals surface area contributed by atoms with E-state index in [1.807, 2.05) is 0 Å². The minimum atomic E-state index is -0.730. The van der Waals surface area contributed by atoms with Crippen LogP contribution in [0.25, 0.3) is 0 Å². The highest BCUT2D eigenvalue weighted by Crippen LogP contribution is 2.38. The van der Waals surface area contributed by atoms with Gasteiger partial charge in [0.05, 0.1) is 19.3 Å². The van der Waals surface area contributed by atoms with Gasteiger partial charge in [0.15, 0.2) is 0 Å². The molecular weight excluding hydrogens is 310 g/mol. The van der Waals surface area contributed by atoms with Crippen LogP contribution >= 0.6 is 11.3 Å². The molecule has 0 atom stereocenters. The van der Waals surface area contributed by atoms with Crippen LogP contribution in [0.4, 0.5) is 5.00 Å². The molecule has 0 spiro atoms. The maximum absolute atomic E-state index is 12.0. The molecule has 8 heteroatoms. The van der Waals surface area contributed by atoms with E-state index in [-0.39, 0.29) is 22.0 Å². The molecule has 1 aromatic heterocycles. The second-order valence-electron chi connectivity index (χ2n) is 4.29. The quantitative estimate of drug-likeness (QED) is 0.615. The highest BCUT2D eigenvalue weighted by molar-refractivity contribution is 7.19. The molecule has 0 aromatic carbocycles. The first kappa shape index (κ1) is 15.9. The zero-order chi connectivity index (χ0) is 16.4. The summed E-state index contributed by atoms with van der Waals surface area (Å²) in [5.41, 5.74) is 0.332. The second kappa shape index (κ2) is 6.10. The summed E-state index contributed by atoms with van der Waals surface area (Å²) >= 11 is 0.852. The van der Waals surface area contributed by atoms with Crippen LogP contribution in [0.15, 0.2) is 12.2 Å². The van der Waals surface area contributed by atoms with Crippen LogP contribution in [-0.2, 0) is 19.1 Å². The smallest absolute Gasteiger partial charge is 0.348 e. The number of imide groups is 1. The van der Waals surface area contributed by atoms with E-state index in [1.54, 1.807) is 6.92 Å². The van der Waals surface area contributed by atoms with Crippen molar-refractivity contribution < 1.29 is 28.7 Å². The number of hydrogen-bond acceptors (Lipinski definition) is 7. The van der Waals surface area contributed by atoms with Crippen molar-refractivity contribution in [2.75, 3.05) is 18.6 Å².